The Balaban J connectivity index is 1.38. The zero-order valence-corrected chi connectivity index (χ0v) is 16.4. The molecule has 2 saturated heterocycles. The third kappa shape index (κ3) is 4.37. The van der Waals surface area contributed by atoms with Crippen LogP contribution in [0.4, 0.5) is 5.69 Å². The van der Waals surface area contributed by atoms with Gasteiger partial charge < -0.3 is 16.0 Å². The van der Waals surface area contributed by atoms with E-state index < -0.39 is 0 Å². The van der Waals surface area contributed by atoms with E-state index in [4.69, 9.17) is 5.73 Å². The van der Waals surface area contributed by atoms with E-state index in [2.05, 4.69) is 40.5 Å². The van der Waals surface area contributed by atoms with Crippen LogP contribution in [0.15, 0.2) is 54.6 Å². The Morgan fingerprint density at radius 3 is 2.43 bits per heavy atom. The molecule has 0 radical (unpaired) electrons. The van der Waals surface area contributed by atoms with Gasteiger partial charge in [0.15, 0.2) is 0 Å². The Labute approximate surface area is 167 Å². The maximum atomic E-state index is 13.1. The van der Waals surface area contributed by atoms with Crippen molar-refractivity contribution in [3.8, 4) is 0 Å². The Hall–Kier alpha value is -2.37. The smallest absolute Gasteiger partial charge is 0.255 e. The van der Waals surface area contributed by atoms with Gasteiger partial charge in [-0.25, -0.2) is 0 Å². The summed E-state index contributed by atoms with van der Waals surface area (Å²) in [6.07, 6.45) is 3.67. The number of hydrogen-bond acceptors (Lipinski definition) is 4. The summed E-state index contributed by atoms with van der Waals surface area (Å²) < 4.78 is 0. The van der Waals surface area contributed by atoms with E-state index in [9.17, 15) is 4.79 Å². The second-order valence-corrected chi connectivity index (χ2v) is 7.97. The second kappa shape index (κ2) is 8.76. The van der Waals surface area contributed by atoms with Crippen LogP contribution in [0.25, 0.3) is 0 Å². The maximum Gasteiger partial charge on any atom is 0.255 e. The summed E-state index contributed by atoms with van der Waals surface area (Å²) in [5, 5.41) is 3.47. The highest BCUT2D eigenvalue weighted by molar-refractivity contribution is 5.94. The highest BCUT2D eigenvalue weighted by Gasteiger charge is 2.33. The summed E-state index contributed by atoms with van der Waals surface area (Å²) in [5.41, 5.74) is 8.62. The summed E-state index contributed by atoms with van der Waals surface area (Å²) >= 11 is 0. The first-order valence-corrected chi connectivity index (χ1v) is 10.4. The second-order valence-electron chi connectivity index (χ2n) is 7.97. The van der Waals surface area contributed by atoms with Gasteiger partial charge in [0.25, 0.3) is 5.91 Å². The molecule has 1 amide bonds. The number of anilines is 1. The average Bonchev–Trinajstić information content (AvgIpc) is 2.75. The first kappa shape index (κ1) is 19.0. The Kier molecular flexibility index (Phi) is 5.93. The lowest BCUT2D eigenvalue weighted by molar-refractivity contribution is 0.00701. The molecule has 4 rings (SSSR count). The van der Waals surface area contributed by atoms with Crippen molar-refractivity contribution in [1.29, 1.82) is 0 Å². The van der Waals surface area contributed by atoms with Crippen molar-refractivity contribution in [2.45, 2.75) is 25.4 Å². The van der Waals surface area contributed by atoms with E-state index in [-0.39, 0.29) is 12.1 Å². The standard InChI is InChI=1S/C23H30N4O/c24-21-8-6-20(7-9-21)23(28)27-15-12-25-17-22(27)26-13-10-19(11-14-26)16-18-4-2-1-3-5-18/h1-9,19,22,25H,10-17,24H2. The molecule has 2 aliphatic rings. The normalized spacial score (nSPS) is 21.6. The number of carbonyl (C=O) groups excluding carboxylic acids is 1. The van der Waals surface area contributed by atoms with Crippen molar-refractivity contribution in [3.05, 3.63) is 65.7 Å². The minimum Gasteiger partial charge on any atom is -0.399 e. The van der Waals surface area contributed by atoms with Crippen LogP contribution in [0, 0.1) is 5.92 Å². The predicted octanol–water partition coefficient (Wildman–Crippen LogP) is 2.60. The molecule has 148 valence electrons. The van der Waals surface area contributed by atoms with Gasteiger partial charge in [0.2, 0.25) is 0 Å². The van der Waals surface area contributed by atoms with Gasteiger partial charge in [-0.1, -0.05) is 30.3 Å². The number of nitrogens with zero attached hydrogens (tertiary/aromatic N) is 2. The lowest BCUT2D eigenvalue weighted by Crippen LogP contribution is -2.62. The van der Waals surface area contributed by atoms with Crippen LogP contribution in [0.3, 0.4) is 0 Å². The Morgan fingerprint density at radius 2 is 1.71 bits per heavy atom. The molecule has 0 aromatic heterocycles. The van der Waals surface area contributed by atoms with Crippen molar-refractivity contribution < 1.29 is 4.79 Å². The van der Waals surface area contributed by atoms with E-state index >= 15 is 0 Å². The summed E-state index contributed by atoms with van der Waals surface area (Å²) in [7, 11) is 0. The number of nitrogens with one attached hydrogen (secondary N) is 1. The minimum atomic E-state index is 0.109. The van der Waals surface area contributed by atoms with Crippen molar-refractivity contribution >= 4 is 11.6 Å². The summed E-state index contributed by atoms with van der Waals surface area (Å²) in [4.78, 5) is 17.6. The average molecular weight is 379 g/mol. The molecule has 2 aromatic rings. The summed E-state index contributed by atoms with van der Waals surface area (Å²) in [6.45, 7) is 4.54. The number of nitrogen functional groups attached to an aromatic ring is 1. The SMILES string of the molecule is Nc1ccc(C(=O)N2CCNCC2N2CCC(Cc3ccccc3)CC2)cc1. The molecule has 2 aromatic carbocycles. The van der Waals surface area contributed by atoms with Crippen LogP contribution in [0.5, 0.6) is 0 Å². The molecule has 5 heteroatoms. The zero-order chi connectivity index (χ0) is 19.3. The van der Waals surface area contributed by atoms with Crippen LogP contribution < -0.4 is 11.1 Å². The van der Waals surface area contributed by atoms with Crippen LogP contribution >= 0.6 is 0 Å². The lowest BCUT2D eigenvalue weighted by Gasteiger charge is -2.45. The Bertz CT molecular complexity index is 769. The molecular weight excluding hydrogens is 348 g/mol. The van der Waals surface area contributed by atoms with E-state index in [1.807, 2.05) is 17.0 Å². The number of likely N-dealkylation sites (tertiary alicyclic amines) is 1. The van der Waals surface area contributed by atoms with Crippen molar-refractivity contribution in [2.75, 3.05) is 38.5 Å². The lowest BCUT2D eigenvalue weighted by atomic mass is 9.90. The third-order valence-electron chi connectivity index (χ3n) is 6.07. The molecule has 3 N–H and O–H groups in total. The largest absolute Gasteiger partial charge is 0.399 e. The van der Waals surface area contributed by atoms with E-state index in [0.717, 1.165) is 50.6 Å². The van der Waals surface area contributed by atoms with Crippen LogP contribution in [0.2, 0.25) is 0 Å². The maximum absolute atomic E-state index is 13.1. The van der Waals surface area contributed by atoms with Crippen molar-refractivity contribution in [1.82, 2.24) is 15.1 Å². The van der Waals surface area contributed by atoms with E-state index in [0.29, 0.717) is 5.69 Å². The fourth-order valence-corrected chi connectivity index (χ4v) is 4.45. The number of rotatable bonds is 4. The molecule has 1 atom stereocenters. The van der Waals surface area contributed by atoms with Crippen LogP contribution in [0.1, 0.15) is 28.8 Å². The van der Waals surface area contributed by atoms with Gasteiger partial charge in [0.05, 0.1) is 6.17 Å². The Morgan fingerprint density at radius 1 is 1.00 bits per heavy atom. The number of piperazine rings is 1. The number of carbonyl (C=O) groups is 1. The fourth-order valence-electron chi connectivity index (χ4n) is 4.45. The van der Waals surface area contributed by atoms with Crippen LogP contribution in [-0.4, -0.2) is 54.6 Å². The van der Waals surface area contributed by atoms with Gasteiger partial charge in [-0.15, -0.1) is 0 Å². The summed E-state index contributed by atoms with van der Waals surface area (Å²) in [5.74, 6) is 0.842. The number of nitrogens with two attached hydrogens (primary N) is 1. The molecule has 0 saturated carbocycles. The molecule has 2 heterocycles. The van der Waals surface area contributed by atoms with Gasteiger partial charge >= 0.3 is 0 Å². The quantitative estimate of drug-likeness (QED) is 0.803. The molecule has 2 fully saturated rings. The molecule has 0 spiro atoms. The molecule has 5 nitrogen and oxygen atoms in total. The monoisotopic (exact) mass is 378 g/mol. The van der Waals surface area contributed by atoms with Gasteiger partial charge in [-0.3, -0.25) is 9.69 Å². The zero-order valence-electron chi connectivity index (χ0n) is 16.4. The third-order valence-corrected chi connectivity index (χ3v) is 6.07. The van der Waals surface area contributed by atoms with Gasteiger partial charge in [0, 0.05) is 44.0 Å². The number of amides is 1. The van der Waals surface area contributed by atoms with Gasteiger partial charge in [-0.2, -0.15) is 0 Å². The minimum absolute atomic E-state index is 0.109. The van der Waals surface area contributed by atoms with Crippen molar-refractivity contribution in [2.24, 2.45) is 5.92 Å². The predicted molar refractivity (Wildman–Crippen MR) is 113 cm³/mol. The molecule has 28 heavy (non-hydrogen) atoms. The van der Waals surface area contributed by atoms with E-state index in [1.165, 1.54) is 18.4 Å². The number of piperidine rings is 1. The number of hydrogen-bond donors (Lipinski definition) is 2. The summed E-state index contributed by atoms with van der Waals surface area (Å²) in [6, 6.07) is 18.1. The molecular formula is C23H30N4O. The topological polar surface area (TPSA) is 61.6 Å². The highest BCUT2D eigenvalue weighted by atomic mass is 16.2. The van der Waals surface area contributed by atoms with Gasteiger partial charge in [0.1, 0.15) is 0 Å². The van der Waals surface area contributed by atoms with Gasteiger partial charge in [-0.05, 0) is 55.0 Å². The molecule has 0 bridgehead atoms. The fraction of sp³-hybridized carbons (Fsp3) is 0.435. The highest BCUT2D eigenvalue weighted by Crippen LogP contribution is 2.25. The molecule has 0 aliphatic carbocycles. The molecule has 1 unspecified atom stereocenters. The van der Waals surface area contributed by atoms with Crippen molar-refractivity contribution in [3.63, 3.8) is 0 Å². The van der Waals surface area contributed by atoms with E-state index in [1.54, 1.807) is 12.1 Å². The van der Waals surface area contributed by atoms with Crippen LogP contribution in [-0.2, 0) is 6.42 Å². The first-order valence-electron chi connectivity index (χ1n) is 10.4. The molecule has 2 aliphatic heterocycles. The first-order chi connectivity index (χ1) is 13.7. The number of benzene rings is 2.